The summed E-state index contributed by atoms with van der Waals surface area (Å²) >= 11 is 0. The molecule has 2 aromatic heterocycles. The minimum atomic E-state index is -0.614. The number of imidazole rings is 1. The highest BCUT2D eigenvalue weighted by molar-refractivity contribution is 6.07. The number of esters is 1. The number of nitrogen functional groups attached to an aromatic ring is 1. The van der Waals surface area contributed by atoms with Crippen LogP contribution >= 0.6 is 0 Å². The third kappa shape index (κ3) is 24.4. The molecule has 0 saturated carbocycles. The quantitative estimate of drug-likeness (QED) is 0.0556. The maximum absolute atomic E-state index is 13.0. The molecule has 0 radical (unpaired) electrons. The molecule has 1 saturated heterocycles. The highest BCUT2D eigenvalue weighted by atomic mass is 16.6. The van der Waals surface area contributed by atoms with E-state index in [-0.39, 0.29) is 12.4 Å². The maximum atomic E-state index is 13.0. The Kier molecular flexibility index (Phi) is 27.5. The third-order valence-corrected chi connectivity index (χ3v) is 10.7. The number of amides is 1. The minimum absolute atomic E-state index is 0.221. The first-order chi connectivity index (χ1) is 33.7. The zero-order chi connectivity index (χ0) is 50.5. The number of nitrogens with two attached hydrogens (primary N) is 1. The summed E-state index contributed by atoms with van der Waals surface area (Å²) in [5.41, 5.74) is 8.92. The average Bonchev–Trinajstić information content (AvgIpc) is 3.75. The van der Waals surface area contributed by atoms with E-state index in [1.807, 2.05) is 47.6 Å². The van der Waals surface area contributed by atoms with Crippen molar-refractivity contribution in [3.63, 3.8) is 0 Å². The molecule has 1 amide bonds. The Morgan fingerprint density at radius 1 is 0.643 bits per heavy atom. The van der Waals surface area contributed by atoms with E-state index in [4.69, 9.17) is 62.8 Å². The molecule has 20 heteroatoms. The zero-order valence-electron chi connectivity index (χ0n) is 43.4. The summed E-state index contributed by atoms with van der Waals surface area (Å²) < 4.78 is 61.3. The van der Waals surface area contributed by atoms with Crippen LogP contribution < -0.4 is 10.6 Å². The van der Waals surface area contributed by atoms with Gasteiger partial charge in [0.2, 0.25) is 0 Å². The minimum Gasteiger partial charge on any atom is -0.460 e. The Hall–Kier alpha value is -3.96. The van der Waals surface area contributed by atoms with Gasteiger partial charge in [0.05, 0.1) is 136 Å². The lowest BCUT2D eigenvalue weighted by molar-refractivity contribution is -0.156. The van der Waals surface area contributed by atoms with Crippen LogP contribution in [0.2, 0.25) is 0 Å². The lowest BCUT2D eigenvalue weighted by Crippen LogP contribution is -2.47. The highest BCUT2D eigenvalue weighted by Gasteiger charge is 2.23. The number of anilines is 2. The number of carbonyl (C=O) groups excluding carboxylic acids is 2. The van der Waals surface area contributed by atoms with Gasteiger partial charge in [0.1, 0.15) is 22.5 Å². The molecule has 0 atom stereocenters. The monoisotopic (exact) mass is 992 g/mol. The van der Waals surface area contributed by atoms with Gasteiger partial charge in [-0.25, -0.2) is 14.8 Å². The fourth-order valence-electron chi connectivity index (χ4n) is 7.15. The molecule has 20 nitrogen and oxygen atoms in total. The van der Waals surface area contributed by atoms with Crippen LogP contribution in [0.1, 0.15) is 73.6 Å². The van der Waals surface area contributed by atoms with Gasteiger partial charge in [-0.05, 0) is 66.2 Å². The number of rotatable bonds is 37. The second-order valence-electron chi connectivity index (χ2n) is 18.9. The van der Waals surface area contributed by atoms with Crippen LogP contribution in [0.25, 0.3) is 21.9 Å². The van der Waals surface area contributed by atoms with Gasteiger partial charge in [-0.2, -0.15) is 0 Å². The van der Waals surface area contributed by atoms with Gasteiger partial charge in [-0.1, -0.05) is 13.3 Å². The molecule has 3 heterocycles. The molecule has 0 unspecified atom stereocenters. The third-order valence-electron chi connectivity index (χ3n) is 10.7. The van der Waals surface area contributed by atoms with Crippen molar-refractivity contribution < 1.29 is 61.7 Å². The molecule has 0 bridgehead atoms. The van der Waals surface area contributed by atoms with Gasteiger partial charge in [0.25, 0.3) is 0 Å². The number of carbonyl (C=O) groups is 2. The van der Waals surface area contributed by atoms with Gasteiger partial charge in [0.15, 0.2) is 5.82 Å². The van der Waals surface area contributed by atoms with E-state index in [0.717, 1.165) is 85.4 Å². The molecule has 3 aromatic rings. The van der Waals surface area contributed by atoms with Crippen LogP contribution in [0, 0.1) is 0 Å². The van der Waals surface area contributed by atoms with Crippen molar-refractivity contribution >= 4 is 45.5 Å². The molecule has 398 valence electrons. The summed E-state index contributed by atoms with van der Waals surface area (Å²) in [5.74, 6) is 1.14. The molecule has 1 aromatic carbocycles. The fourth-order valence-corrected chi connectivity index (χ4v) is 7.15. The number of piperazine rings is 1. The number of hydrogen-bond donors (Lipinski definition) is 2. The van der Waals surface area contributed by atoms with E-state index in [1.165, 1.54) is 0 Å². The van der Waals surface area contributed by atoms with Crippen LogP contribution in [-0.4, -0.2) is 213 Å². The molecule has 0 aliphatic carbocycles. The summed E-state index contributed by atoms with van der Waals surface area (Å²) in [6, 6.07) is 6.38. The van der Waals surface area contributed by atoms with E-state index in [9.17, 15) is 9.59 Å². The topological polar surface area (TPSA) is 213 Å². The average molecular weight is 992 g/mol. The smallest absolute Gasteiger partial charge is 0.410 e. The van der Waals surface area contributed by atoms with Crippen molar-refractivity contribution in [2.75, 3.05) is 175 Å². The molecular formula is C50H85N7O13. The summed E-state index contributed by atoms with van der Waals surface area (Å²) in [7, 11) is 0. The van der Waals surface area contributed by atoms with Gasteiger partial charge in [-0.15, -0.1) is 0 Å². The number of pyridine rings is 1. The fraction of sp³-hybridized carbons (Fsp3) is 0.760. The first-order valence-electron chi connectivity index (χ1n) is 25.2. The predicted molar refractivity (Wildman–Crippen MR) is 269 cm³/mol. The maximum Gasteiger partial charge on any atom is 0.410 e. The first-order valence-corrected chi connectivity index (χ1v) is 25.2. The Bertz CT molecular complexity index is 1900. The molecule has 1 aliphatic heterocycles. The number of aryl methyl sites for hydroxylation is 1. The largest absolute Gasteiger partial charge is 0.460 e. The van der Waals surface area contributed by atoms with Crippen molar-refractivity contribution in [2.45, 2.75) is 85.4 Å². The summed E-state index contributed by atoms with van der Waals surface area (Å²) in [5, 5.41) is 1.04. The van der Waals surface area contributed by atoms with E-state index in [2.05, 4.69) is 38.8 Å². The normalized spacial score (nSPS) is 13.7. The Morgan fingerprint density at radius 2 is 1.13 bits per heavy atom. The van der Waals surface area contributed by atoms with Gasteiger partial charge in [-0.3, -0.25) is 9.69 Å². The number of hydrogen-bond acceptors (Lipinski definition) is 18. The SMILES string of the molecule is CCCCc1nc2c(N)nc3ccc(N4CCN(CCOCCN(CCOCCOCCOCCOCCOCCOCCOCCOCCC(=O)OC(C)(C)C)C(=O)OC(C)(C)C)CC4)cc3c2[nH]1. The van der Waals surface area contributed by atoms with Crippen molar-refractivity contribution in [3.05, 3.63) is 24.0 Å². The van der Waals surface area contributed by atoms with Crippen molar-refractivity contribution in [1.82, 2.24) is 24.8 Å². The van der Waals surface area contributed by atoms with Crippen molar-refractivity contribution in [3.8, 4) is 0 Å². The number of aromatic nitrogens is 3. The van der Waals surface area contributed by atoms with Crippen LogP contribution in [0.15, 0.2) is 18.2 Å². The van der Waals surface area contributed by atoms with Crippen LogP contribution in [0.3, 0.4) is 0 Å². The molecule has 0 spiro atoms. The number of ether oxygens (including phenoxy) is 11. The van der Waals surface area contributed by atoms with Crippen LogP contribution in [0.5, 0.6) is 0 Å². The molecule has 4 rings (SSSR count). The number of benzene rings is 1. The highest BCUT2D eigenvalue weighted by Crippen LogP contribution is 2.30. The van der Waals surface area contributed by atoms with E-state index in [1.54, 1.807) is 4.90 Å². The van der Waals surface area contributed by atoms with Crippen LogP contribution in [0.4, 0.5) is 16.3 Å². The number of aromatic amines is 1. The van der Waals surface area contributed by atoms with E-state index in [0.29, 0.717) is 138 Å². The lowest BCUT2D eigenvalue weighted by Gasteiger charge is -2.36. The van der Waals surface area contributed by atoms with E-state index < -0.39 is 17.3 Å². The molecule has 70 heavy (non-hydrogen) atoms. The van der Waals surface area contributed by atoms with Gasteiger partial charge in [0, 0.05) is 63.3 Å². The Labute approximate surface area is 415 Å². The number of nitrogens with zero attached hydrogens (tertiary/aromatic N) is 5. The molecule has 1 aliphatic rings. The molecule has 3 N–H and O–H groups in total. The van der Waals surface area contributed by atoms with Crippen molar-refractivity contribution in [2.24, 2.45) is 0 Å². The Morgan fingerprint density at radius 3 is 1.63 bits per heavy atom. The predicted octanol–water partition coefficient (Wildman–Crippen LogP) is 5.28. The first kappa shape index (κ1) is 58.6. The summed E-state index contributed by atoms with van der Waals surface area (Å²) in [6.45, 7) is 26.3. The van der Waals surface area contributed by atoms with Gasteiger partial charge >= 0.3 is 12.1 Å². The number of nitrogens with one attached hydrogen (secondary N) is 1. The molecular weight excluding hydrogens is 907 g/mol. The standard InChI is InChI=1S/C50H85N7O13/c1-8-9-10-43-53-45-41-39-40(11-12-42(41)52-47(51)46(45)54-43)56-16-14-55(15-17-56)18-22-61-23-19-57(48(59)70-50(5,6)7)20-24-62-26-28-64-30-32-66-34-36-68-38-37-67-35-33-65-31-29-63-27-25-60-21-13-44(58)69-49(2,3)4/h11-12,39H,8-10,13-38H2,1-7H3,(H2,51,52)(H,53,54). The molecule has 1 fully saturated rings. The number of unbranched alkanes of at least 4 members (excludes halogenated alkanes) is 1. The van der Waals surface area contributed by atoms with E-state index >= 15 is 0 Å². The lowest BCUT2D eigenvalue weighted by atomic mass is 10.1. The zero-order valence-corrected chi connectivity index (χ0v) is 43.4. The second kappa shape index (κ2) is 32.9. The summed E-state index contributed by atoms with van der Waals surface area (Å²) in [6.07, 6.45) is 2.90. The van der Waals surface area contributed by atoms with Gasteiger partial charge < -0.3 is 72.6 Å². The number of fused-ring (bicyclic) bond motifs is 3. The Balaban J connectivity index is 0.946. The van der Waals surface area contributed by atoms with Crippen LogP contribution in [-0.2, 0) is 63.3 Å². The number of H-pyrrole nitrogens is 1. The second-order valence-corrected chi connectivity index (χ2v) is 18.9. The van der Waals surface area contributed by atoms with Crippen molar-refractivity contribution in [1.29, 1.82) is 0 Å². The summed E-state index contributed by atoms with van der Waals surface area (Å²) in [4.78, 5) is 44.0.